The van der Waals surface area contributed by atoms with E-state index in [4.69, 9.17) is 4.74 Å². The van der Waals surface area contributed by atoms with Gasteiger partial charge in [0.05, 0.1) is 0 Å². The summed E-state index contributed by atoms with van der Waals surface area (Å²) in [5, 5.41) is 2.94. The van der Waals surface area contributed by atoms with Crippen LogP contribution < -0.4 is 5.32 Å². The molecule has 268 valence electrons. The van der Waals surface area contributed by atoms with Crippen molar-refractivity contribution >= 4 is 6.09 Å². The monoisotopic (exact) mass is 643 g/mol. The van der Waals surface area contributed by atoms with Crippen LogP contribution >= 0.6 is 0 Å². The lowest BCUT2D eigenvalue weighted by atomic mass is 10.0. The topological polar surface area (TPSA) is 41.6 Å². The van der Waals surface area contributed by atoms with Gasteiger partial charge in [0, 0.05) is 13.1 Å². The van der Waals surface area contributed by atoms with Gasteiger partial charge in [-0.15, -0.1) is 0 Å². The third kappa shape index (κ3) is 36.7. The quantitative estimate of drug-likeness (QED) is 0.0561. The van der Waals surface area contributed by atoms with Crippen molar-refractivity contribution in [2.45, 2.75) is 187 Å². The SMILES string of the molecule is CCCCC/C=C\C/C=C\CCCCCCCCC(CCCCCCCC/C=C\C/C=C\CCCCC)OC(=O)NCCN(C)C. The minimum atomic E-state index is -0.244. The fourth-order valence-corrected chi connectivity index (χ4v) is 5.56. The Morgan fingerprint density at radius 1 is 0.543 bits per heavy atom. The standard InChI is InChI=1S/C42H78N2O2/c1-5-7-9-11-13-15-17-19-21-23-25-27-29-31-33-35-37-41(46-42(45)43-39-40-44(3)4)38-36-34-32-30-28-26-24-22-20-18-16-14-12-10-8-6-2/h13-16,19-22,41H,5-12,17-18,23-40H2,1-4H3,(H,43,45)/b15-13-,16-14-,21-19-,22-20-. The summed E-state index contributed by atoms with van der Waals surface area (Å²) in [6.45, 7) is 5.98. The number of nitrogens with one attached hydrogen (secondary N) is 1. The number of carbonyl (C=O) groups excluding carboxylic acids is 1. The summed E-state index contributed by atoms with van der Waals surface area (Å²) >= 11 is 0. The van der Waals surface area contributed by atoms with Crippen molar-refractivity contribution in [3.8, 4) is 0 Å². The molecule has 46 heavy (non-hydrogen) atoms. The van der Waals surface area contributed by atoms with Crippen LogP contribution in [0.1, 0.15) is 181 Å². The van der Waals surface area contributed by atoms with Gasteiger partial charge in [-0.3, -0.25) is 0 Å². The van der Waals surface area contributed by atoms with E-state index < -0.39 is 0 Å². The molecule has 0 aromatic heterocycles. The normalized spacial score (nSPS) is 12.3. The molecule has 0 atom stereocenters. The molecule has 0 unspecified atom stereocenters. The molecule has 0 fully saturated rings. The molecule has 0 spiro atoms. The van der Waals surface area contributed by atoms with Gasteiger partial charge in [0.2, 0.25) is 0 Å². The van der Waals surface area contributed by atoms with E-state index in [-0.39, 0.29) is 12.2 Å². The number of unbranched alkanes of at least 4 members (excludes halogenated alkanes) is 18. The van der Waals surface area contributed by atoms with Crippen LogP contribution in [0.2, 0.25) is 0 Å². The number of hydrogen-bond acceptors (Lipinski definition) is 3. The number of likely N-dealkylation sites (N-methyl/N-ethyl adjacent to an activating group) is 1. The zero-order chi connectivity index (χ0) is 33.6. The van der Waals surface area contributed by atoms with Crippen LogP contribution in [0.4, 0.5) is 4.79 Å². The highest BCUT2D eigenvalue weighted by molar-refractivity contribution is 5.67. The lowest BCUT2D eigenvalue weighted by molar-refractivity contribution is 0.0837. The number of rotatable bonds is 34. The fourth-order valence-electron chi connectivity index (χ4n) is 5.56. The number of carbonyl (C=O) groups is 1. The minimum absolute atomic E-state index is 0.0519. The number of ether oxygens (including phenoxy) is 1. The molecule has 0 aromatic carbocycles. The third-order valence-electron chi connectivity index (χ3n) is 8.56. The number of allylic oxidation sites excluding steroid dienone is 8. The number of nitrogens with zero attached hydrogens (tertiary/aromatic N) is 1. The molecule has 0 aliphatic heterocycles. The second-order valence-electron chi connectivity index (χ2n) is 13.5. The van der Waals surface area contributed by atoms with Crippen molar-refractivity contribution in [3.63, 3.8) is 0 Å². The van der Waals surface area contributed by atoms with Crippen molar-refractivity contribution in [1.29, 1.82) is 0 Å². The smallest absolute Gasteiger partial charge is 0.407 e. The average Bonchev–Trinajstić information content (AvgIpc) is 3.04. The van der Waals surface area contributed by atoms with E-state index in [1.54, 1.807) is 0 Å². The van der Waals surface area contributed by atoms with Crippen LogP contribution in [0, 0.1) is 0 Å². The highest BCUT2D eigenvalue weighted by atomic mass is 16.6. The summed E-state index contributed by atoms with van der Waals surface area (Å²) in [6.07, 6.45) is 50.7. The van der Waals surface area contributed by atoms with Crippen molar-refractivity contribution in [2.24, 2.45) is 0 Å². The highest BCUT2D eigenvalue weighted by Crippen LogP contribution is 2.17. The van der Waals surface area contributed by atoms with E-state index in [9.17, 15) is 4.79 Å². The van der Waals surface area contributed by atoms with Gasteiger partial charge in [0.15, 0.2) is 0 Å². The van der Waals surface area contributed by atoms with Crippen molar-refractivity contribution in [3.05, 3.63) is 48.6 Å². The third-order valence-corrected chi connectivity index (χ3v) is 8.56. The van der Waals surface area contributed by atoms with Gasteiger partial charge in [-0.25, -0.2) is 4.79 Å². The maximum absolute atomic E-state index is 12.4. The molecule has 0 aliphatic carbocycles. The van der Waals surface area contributed by atoms with Crippen LogP contribution in [0.15, 0.2) is 48.6 Å². The maximum Gasteiger partial charge on any atom is 0.407 e. The van der Waals surface area contributed by atoms with E-state index in [2.05, 4.69) is 72.7 Å². The van der Waals surface area contributed by atoms with Crippen LogP contribution in [0.25, 0.3) is 0 Å². The predicted molar refractivity (Wildman–Crippen MR) is 205 cm³/mol. The largest absolute Gasteiger partial charge is 0.446 e. The first kappa shape index (κ1) is 44.2. The highest BCUT2D eigenvalue weighted by Gasteiger charge is 2.14. The minimum Gasteiger partial charge on any atom is -0.446 e. The number of hydrogen-bond donors (Lipinski definition) is 1. The molecular weight excluding hydrogens is 564 g/mol. The Hall–Kier alpha value is -1.81. The first-order chi connectivity index (χ1) is 22.6. The molecule has 0 bridgehead atoms. The van der Waals surface area contributed by atoms with Gasteiger partial charge in [0.25, 0.3) is 0 Å². The second-order valence-corrected chi connectivity index (χ2v) is 13.5. The van der Waals surface area contributed by atoms with Crippen molar-refractivity contribution in [2.75, 3.05) is 27.2 Å². The first-order valence-corrected chi connectivity index (χ1v) is 19.8. The van der Waals surface area contributed by atoms with Gasteiger partial charge < -0.3 is 15.0 Å². The van der Waals surface area contributed by atoms with E-state index in [1.165, 1.54) is 128 Å². The van der Waals surface area contributed by atoms with E-state index in [0.717, 1.165) is 45.1 Å². The molecule has 1 amide bonds. The lowest BCUT2D eigenvalue weighted by Crippen LogP contribution is -2.34. The van der Waals surface area contributed by atoms with Gasteiger partial charge in [-0.2, -0.15) is 0 Å². The summed E-state index contributed by atoms with van der Waals surface area (Å²) in [6, 6.07) is 0. The number of amides is 1. The van der Waals surface area contributed by atoms with Gasteiger partial charge in [0.1, 0.15) is 6.10 Å². The summed E-state index contributed by atoms with van der Waals surface area (Å²) in [4.78, 5) is 14.5. The Balaban J connectivity index is 4.01. The van der Waals surface area contributed by atoms with Crippen molar-refractivity contribution in [1.82, 2.24) is 10.2 Å². The molecule has 0 aromatic rings. The lowest BCUT2D eigenvalue weighted by Gasteiger charge is -2.19. The Kier molecular flexibility index (Phi) is 36.2. The molecule has 4 heteroatoms. The van der Waals surface area contributed by atoms with E-state index in [0.29, 0.717) is 6.54 Å². The Morgan fingerprint density at radius 3 is 1.30 bits per heavy atom. The Morgan fingerprint density at radius 2 is 0.913 bits per heavy atom. The predicted octanol–water partition coefficient (Wildman–Crippen LogP) is 13.0. The number of alkyl carbamates (subject to hydrolysis) is 1. The van der Waals surface area contributed by atoms with Crippen molar-refractivity contribution < 1.29 is 9.53 Å². The van der Waals surface area contributed by atoms with E-state index in [1.807, 2.05) is 14.1 Å². The molecular formula is C42H78N2O2. The summed E-state index contributed by atoms with van der Waals surface area (Å²) in [7, 11) is 4.04. The average molecular weight is 643 g/mol. The van der Waals surface area contributed by atoms with Gasteiger partial charge in [-0.05, 0) is 104 Å². The Labute approximate surface area is 288 Å². The first-order valence-electron chi connectivity index (χ1n) is 19.8. The Bertz CT molecular complexity index is 692. The molecule has 0 rings (SSSR count). The van der Waals surface area contributed by atoms with Gasteiger partial charge in [-0.1, -0.05) is 140 Å². The molecule has 0 saturated carbocycles. The summed E-state index contributed by atoms with van der Waals surface area (Å²) in [5.74, 6) is 0. The second kappa shape index (κ2) is 37.6. The summed E-state index contributed by atoms with van der Waals surface area (Å²) in [5.41, 5.74) is 0. The van der Waals surface area contributed by atoms with Crippen LogP contribution in [0.5, 0.6) is 0 Å². The molecule has 4 nitrogen and oxygen atoms in total. The van der Waals surface area contributed by atoms with Gasteiger partial charge >= 0.3 is 6.09 Å². The molecule has 1 N–H and O–H groups in total. The van der Waals surface area contributed by atoms with Crippen LogP contribution in [-0.2, 0) is 4.74 Å². The maximum atomic E-state index is 12.4. The molecule has 0 saturated heterocycles. The zero-order valence-electron chi connectivity index (χ0n) is 31.3. The molecule has 0 heterocycles. The van der Waals surface area contributed by atoms with E-state index >= 15 is 0 Å². The van der Waals surface area contributed by atoms with Crippen LogP contribution in [-0.4, -0.2) is 44.3 Å². The fraction of sp³-hybridized carbons (Fsp3) is 0.786. The molecule has 0 radical (unpaired) electrons. The zero-order valence-corrected chi connectivity index (χ0v) is 31.3. The molecule has 0 aliphatic rings. The summed E-state index contributed by atoms with van der Waals surface area (Å²) < 4.78 is 5.89. The van der Waals surface area contributed by atoms with Crippen LogP contribution in [0.3, 0.4) is 0 Å².